The summed E-state index contributed by atoms with van der Waals surface area (Å²) in [7, 11) is 2.12. The van der Waals surface area contributed by atoms with E-state index in [4.69, 9.17) is 5.73 Å². The molecule has 1 aromatic carbocycles. The molecule has 1 fully saturated rings. The van der Waals surface area contributed by atoms with E-state index in [2.05, 4.69) is 24.2 Å². The third-order valence-electron chi connectivity index (χ3n) is 4.27. The van der Waals surface area contributed by atoms with Gasteiger partial charge >= 0.3 is 0 Å². The Hall–Kier alpha value is -1.39. The Balaban J connectivity index is 2.04. The Bertz CT molecular complexity index is 458. The van der Waals surface area contributed by atoms with E-state index in [-0.39, 0.29) is 11.9 Å². The monoisotopic (exact) mass is 275 g/mol. The van der Waals surface area contributed by atoms with Crippen molar-refractivity contribution in [2.45, 2.75) is 31.8 Å². The first-order valence-electron chi connectivity index (χ1n) is 7.25. The zero-order valence-corrected chi connectivity index (χ0v) is 12.6. The number of hydrogen-bond donors (Lipinski definition) is 2. The molecule has 1 aromatic rings. The third kappa shape index (κ3) is 3.19. The fourth-order valence-electron chi connectivity index (χ4n) is 2.80. The van der Waals surface area contributed by atoms with Crippen molar-refractivity contribution in [1.82, 2.24) is 10.2 Å². The average Bonchev–Trinajstić information content (AvgIpc) is 2.42. The maximum atomic E-state index is 12.5. The van der Waals surface area contributed by atoms with Gasteiger partial charge in [-0.2, -0.15) is 0 Å². The maximum Gasteiger partial charge on any atom is 0.244 e. The fourth-order valence-corrected chi connectivity index (χ4v) is 2.80. The van der Waals surface area contributed by atoms with E-state index in [0.717, 1.165) is 25.1 Å². The zero-order valence-electron chi connectivity index (χ0n) is 12.6. The summed E-state index contributed by atoms with van der Waals surface area (Å²) >= 11 is 0. The lowest BCUT2D eigenvalue weighted by molar-refractivity contribution is -0.127. The molecule has 1 aliphatic rings. The van der Waals surface area contributed by atoms with Crippen LogP contribution in [0.15, 0.2) is 30.3 Å². The number of hydrogen-bond acceptors (Lipinski definition) is 3. The molecule has 4 nitrogen and oxygen atoms in total. The van der Waals surface area contributed by atoms with Crippen LogP contribution in [0.2, 0.25) is 0 Å². The molecule has 0 bridgehead atoms. The number of nitrogens with two attached hydrogens (primary N) is 1. The first kappa shape index (κ1) is 15.0. The van der Waals surface area contributed by atoms with Gasteiger partial charge in [0.2, 0.25) is 5.91 Å². The van der Waals surface area contributed by atoms with Gasteiger partial charge in [-0.15, -0.1) is 0 Å². The minimum Gasteiger partial charge on any atom is -0.351 e. The van der Waals surface area contributed by atoms with Gasteiger partial charge in [0.1, 0.15) is 5.54 Å². The van der Waals surface area contributed by atoms with E-state index in [0.29, 0.717) is 5.92 Å². The summed E-state index contributed by atoms with van der Waals surface area (Å²) in [6.45, 7) is 5.98. The Morgan fingerprint density at radius 3 is 2.65 bits per heavy atom. The minimum absolute atomic E-state index is 0.0925. The Labute approximate surface area is 121 Å². The lowest BCUT2D eigenvalue weighted by Gasteiger charge is -2.37. The number of amides is 1. The number of carbonyl (C=O) groups excluding carboxylic acids is 1. The van der Waals surface area contributed by atoms with E-state index >= 15 is 0 Å². The third-order valence-corrected chi connectivity index (χ3v) is 4.27. The molecule has 0 aromatic heterocycles. The molecular formula is C16H25N3O. The molecule has 0 radical (unpaired) electrons. The topological polar surface area (TPSA) is 58.4 Å². The lowest BCUT2D eigenvalue weighted by atomic mass is 9.89. The highest BCUT2D eigenvalue weighted by Gasteiger charge is 2.34. The van der Waals surface area contributed by atoms with Crippen molar-refractivity contribution in [3.63, 3.8) is 0 Å². The Morgan fingerprint density at radius 2 is 2.05 bits per heavy atom. The molecule has 4 heteroatoms. The highest BCUT2D eigenvalue weighted by molar-refractivity contribution is 5.87. The molecule has 1 amide bonds. The van der Waals surface area contributed by atoms with Crippen LogP contribution < -0.4 is 11.1 Å². The molecule has 3 atom stereocenters. The van der Waals surface area contributed by atoms with Crippen LogP contribution in [0.3, 0.4) is 0 Å². The van der Waals surface area contributed by atoms with Gasteiger partial charge in [-0.05, 0) is 38.4 Å². The van der Waals surface area contributed by atoms with Crippen LogP contribution in [0.1, 0.15) is 25.8 Å². The van der Waals surface area contributed by atoms with E-state index in [1.807, 2.05) is 30.3 Å². The SMILES string of the molecule is CC1CN(C)CCC1NC(=O)C(C)(N)c1ccccc1. The van der Waals surface area contributed by atoms with Crippen molar-refractivity contribution >= 4 is 5.91 Å². The van der Waals surface area contributed by atoms with Crippen molar-refractivity contribution < 1.29 is 4.79 Å². The number of rotatable bonds is 3. The summed E-state index contributed by atoms with van der Waals surface area (Å²) < 4.78 is 0. The van der Waals surface area contributed by atoms with Gasteiger partial charge in [-0.1, -0.05) is 37.3 Å². The van der Waals surface area contributed by atoms with Crippen LogP contribution in [0.4, 0.5) is 0 Å². The van der Waals surface area contributed by atoms with Gasteiger partial charge in [0.25, 0.3) is 0 Å². The smallest absolute Gasteiger partial charge is 0.244 e. The maximum absolute atomic E-state index is 12.5. The standard InChI is InChI=1S/C16H25N3O/c1-12-11-19(3)10-9-14(12)18-15(20)16(2,17)13-7-5-4-6-8-13/h4-8,12,14H,9-11,17H2,1-3H3,(H,18,20). The zero-order chi connectivity index (χ0) is 14.8. The molecule has 3 N–H and O–H groups in total. The van der Waals surface area contributed by atoms with Crippen LogP contribution in [0.25, 0.3) is 0 Å². The predicted molar refractivity (Wildman–Crippen MR) is 81.2 cm³/mol. The van der Waals surface area contributed by atoms with Gasteiger partial charge in [-0.3, -0.25) is 4.79 Å². The second kappa shape index (κ2) is 5.94. The molecule has 0 saturated carbocycles. The Morgan fingerprint density at radius 1 is 1.40 bits per heavy atom. The first-order valence-corrected chi connectivity index (χ1v) is 7.25. The molecule has 1 aliphatic heterocycles. The minimum atomic E-state index is -0.982. The van der Waals surface area contributed by atoms with Crippen molar-refractivity contribution in [3.05, 3.63) is 35.9 Å². The summed E-state index contributed by atoms with van der Waals surface area (Å²) in [5.74, 6) is 0.356. The fraction of sp³-hybridized carbons (Fsp3) is 0.562. The molecule has 20 heavy (non-hydrogen) atoms. The second-order valence-electron chi connectivity index (χ2n) is 6.18. The van der Waals surface area contributed by atoms with Crippen LogP contribution >= 0.6 is 0 Å². The van der Waals surface area contributed by atoms with Gasteiger partial charge in [0, 0.05) is 12.6 Å². The number of nitrogens with zero attached hydrogens (tertiary/aromatic N) is 1. The van der Waals surface area contributed by atoms with Gasteiger partial charge in [-0.25, -0.2) is 0 Å². The Kier molecular flexibility index (Phi) is 4.45. The predicted octanol–water partition coefficient (Wildman–Crippen LogP) is 1.32. The van der Waals surface area contributed by atoms with Crippen molar-refractivity contribution in [3.8, 4) is 0 Å². The highest BCUT2D eigenvalue weighted by atomic mass is 16.2. The molecule has 1 heterocycles. The van der Waals surface area contributed by atoms with Crippen molar-refractivity contribution in [2.24, 2.45) is 11.7 Å². The molecule has 0 aliphatic carbocycles. The van der Waals surface area contributed by atoms with E-state index in [1.54, 1.807) is 6.92 Å². The molecule has 3 unspecified atom stereocenters. The number of likely N-dealkylation sites (tertiary alicyclic amines) is 1. The summed E-state index contributed by atoms with van der Waals surface area (Å²) in [4.78, 5) is 14.8. The van der Waals surface area contributed by atoms with E-state index in [9.17, 15) is 4.79 Å². The van der Waals surface area contributed by atoms with E-state index < -0.39 is 5.54 Å². The van der Waals surface area contributed by atoms with E-state index in [1.165, 1.54) is 0 Å². The second-order valence-corrected chi connectivity index (χ2v) is 6.18. The van der Waals surface area contributed by atoms with Gasteiger partial charge in [0.15, 0.2) is 0 Å². The largest absolute Gasteiger partial charge is 0.351 e. The van der Waals surface area contributed by atoms with Crippen LogP contribution in [0.5, 0.6) is 0 Å². The van der Waals surface area contributed by atoms with Crippen LogP contribution in [-0.4, -0.2) is 37.0 Å². The highest BCUT2D eigenvalue weighted by Crippen LogP contribution is 2.20. The number of nitrogens with one attached hydrogen (secondary N) is 1. The normalized spacial score (nSPS) is 26.8. The number of piperidine rings is 1. The molecule has 110 valence electrons. The van der Waals surface area contributed by atoms with Crippen molar-refractivity contribution in [2.75, 3.05) is 20.1 Å². The number of benzene rings is 1. The van der Waals surface area contributed by atoms with Gasteiger partial charge in [0.05, 0.1) is 0 Å². The summed E-state index contributed by atoms with van der Waals surface area (Å²) in [5.41, 5.74) is 6.11. The molecule has 0 spiro atoms. The molecule has 1 saturated heterocycles. The summed E-state index contributed by atoms with van der Waals surface area (Å²) in [5, 5.41) is 3.14. The quantitative estimate of drug-likeness (QED) is 0.874. The molecular weight excluding hydrogens is 250 g/mol. The lowest BCUT2D eigenvalue weighted by Crippen LogP contribution is -2.56. The van der Waals surface area contributed by atoms with Crippen LogP contribution in [0, 0.1) is 5.92 Å². The molecule has 2 rings (SSSR count). The van der Waals surface area contributed by atoms with Crippen molar-refractivity contribution in [1.29, 1.82) is 0 Å². The average molecular weight is 275 g/mol. The number of carbonyl (C=O) groups is 1. The van der Waals surface area contributed by atoms with Gasteiger partial charge < -0.3 is 16.0 Å². The summed E-state index contributed by atoms with van der Waals surface area (Å²) in [6, 6.07) is 9.76. The first-order chi connectivity index (χ1) is 9.41. The summed E-state index contributed by atoms with van der Waals surface area (Å²) in [6.07, 6.45) is 0.980. The van der Waals surface area contributed by atoms with Crippen LogP contribution in [-0.2, 0) is 10.3 Å².